The van der Waals surface area contributed by atoms with Gasteiger partial charge in [0.1, 0.15) is 0 Å². The van der Waals surface area contributed by atoms with Crippen LogP contribution in [0, 0.1) is 0 Å². The fraction of sp³-hybridized carbons (Fsp3) is 0.500. The molecule has 2 atom stereocenters. The smallest absolute Gasteiger partial charge is 0.247 e. The first-order valence-electron chi connectivity index (χ1n) is 7.58. The van der Waals surface area contributed by atoms with Crippen molar-refractivity contribution in [1.82, 2.24) is 20.0 Å². The third-order valence-corrected chi connectivity index (χ3v) is 4.48. The number of aromatic nitrogens is 2. The third kappa shape index (κ3) is 3.16. The molecule has 0 unspecified atom stereocenters. The van der Waals surface area contributed by atoms with Crippen LogP contribution in [0.3, 0.4) is 0 Å². The number of rotatable bonds is 3. The van der Waals surface area contributed by atoms with Crippen molar-refractivity contribution in [3.63, 3.8) is 0 Å². The average molecular weight is 321 g/mol. The number of hydrogen-bond acceptors (Lipinski definition) is 5. The summed E-state index contributed by atoms with van der Waals surface area (Å²) in [6, 6.07) is 8.05. The Hall–Kier alpha value is -1.43. The van der Waals surface area contributed by atoms with Crippen molar-refractivity contribution in [3.05, 3.63) is 35.2 Å². The molecule has 0 spiro atoms. The molecule has 1 aliphatic heterocycles. The van der Waals surface area contributed by atoms with Gasteiger partial charge < -0.3 is 9.32 Å². The first-order chi connectivity index (χ1) is 10.5. The lowest BCUT2D eigenvalue weighted by Crippen LogP contribution is -2.51. The highest BCUT2D eigenvalue weighted by Crippen LogP contribution is 2.27. The average Bonchev–Trinajstić information content (AvgIpc) is 2.96. The predicted molar refractivity (Wildman–Crippen MR) is 86.8 cm³/mol. The van der Waals surface area contributed by atoms with Crippen molar-refractivity contribution < 1.29 is 4.42 Å². The van der Waals surface area contributed by atoms with E-state index in [9.17, 15) is 0 Å². The number of nitrogens with zero attached hydrogens (tertiary/aromatic N) is 4. The molecular formula is C16H21ClN4O. The third-order valence-electron chi connectivity index (χ3n) is 4.25. The quantitative estimate of drug-likeness (QED) is 0.869. The fourth-order valence-corrected chi connectivity index (χ4v) is 3.20. The van der Waals surface area contributed by atoms with Crippen LogP contribution in [0.2, 0.25) is 5.02 Å². The summed E-state index contributed by atoms with van der Waals surface area (Å²) in [5.74, 6) is 1.18. The molecule has 1 aliphatic rings. The van der Waals surface area contributed by atoms with Crippen molar-refractivity contribution in [2.75, 3.05) is 26.7 Å². The highest BCUT2D eigenvalue weighted by atomic mass is 35.5. The summed E-state index contributed by atoms with van der Waals surface area (Å²) in [5.41, 5.74) is 0.852. The molecule has 5 nitrogen and oxygen atoms in total. The van der Waals surface area contributed by atoms with E-state index in [1.165, 1.54) is 0 Å². The molecule has 6 heteroatoms. The van der Waals surface area contributed by atoms with Gasteiger partial charge in [-0.2, -0.15) is 0 Å². The van der Waals surface area contributed by atoms with Crippen LogP contribution in [0.1, 0.15) is 25.8 Å². The first kappa shape index (κ1) is 15.5. The predicted octanol–water partition coefficient (Wildman–Crippen LogP) is 3.09. The van der Waals surface area contributed by atoms with Gasteiger partial charge >= 0.3 is 0 Å². The minimum absolute atomic E-state index is 0.115. The van der Waals surface area contributed by atoms with Gasteiger partial charge in [0, 0.05) is 36.3 Å². The lowest BCUT2D eigenvalue weighted by atomic mass is 10.1. The van der Waals surface area contributed by atoms with Gasteiger partial charge in [0.25, 0.3) is 0 Å². The maximum atomic E-state index is 6.02. The van der Waals surface area contributed by atoms with E-state index in [1.54, 1.807) is 0 Å². The van der Waals surface area contributed by atoms with Gasteiger partial charge in [-0.25, -0.2) is 0 Å². The van der Waals surface area contributed by atoms with Crippen LogP contribution < -0.4 is 0 Å². The zero-order valence-electron chi connectivity index (χ0n) is 13.2. The Morgan fingerprint density at radius 2 is 2.14 bits per heavy atom. The van der Waals surface area contributed by atoms with Gasteiger partial charge in [-0.1, -0.05) is 17.7 Å². The van der Waals surface area contributed by atoms with Crippen molar-refractivity contribution in [3.8, 4) is 11.5 Å². The summed E-state index contributed by atoms with van der Waals surface area (Å²) in [5, 5.41) is 9.07. The second-order valence-corrected chi connectivity index (χ2v) is 6.42. The molecule has 22 heavy (non-hydrogen) atoms. The molecule has 1 saturated heterocycles. The molecule has 3 rings (SSSR count). The first-order valence-corrected chi connectivity index (χ1v) is 7.96. The Morgan fingerprint density at radius 1 is 1.32 bits per heavy atom. The normalized spacial score (nSPS) is 21.9. The Labute approximate surface area is 135 Å². The maximum Gasteiger partial charge on any atom is 0.247 e. The van der Waals surface area contributed by atoms with Crippen LogP contribution in [0.5, 0.6) is 0 Å². The van der Waals surface area contributed by atoms with E-state index in [4.69, 9.17) is 16.0 Å². The highest BCUT2D eigenvalue weighted by molar-refractivity contribution is 6.30. The SMILES string of the molecule is C[C@@H]1CN(C)CCN1[C@H](C)c1nnc(-c2cccc(Cl)c2)o1. The van der Waals surface area contributed by atoms with E-state index in [0.717, 1.165) is 25.2 Å². The topological polar surface area (TPSA) is 45.4 Å². The Bertz CT molecular complexity index is 645. The van der Waals surface area contributed by atoms with Crippen molar-refractivity contribution >= 4 is 11.6 Å². The summed E-state index contributed by atoms with van der Waals surface area (Å²) >= 11 is 6.02. The van der Waals surface area contributed by atoms with E-state index in [-0.39, 0.29) is 6.04 Å². The molecule has 2 heterocycles. The molecule has 0 bridgehead atoms. The van der Waals surface area contributed by atoms with E-state index in [2.05, 4.69) is 40.9 Å². The molecule has 118 valence electrons. The molecule has 2 aromatic rings. The molecule has 1 fully saturated rings. The molecular weight excluding hydrogens is 300 g/mol. The summed E-state index contributed by atoms with van der Waals surface area (Å²) in [7, 11) is 2.16. The summed E-state index contributed by atoms with van der Waals surface area (Å²) in [6.45, 7) is 7.48. The monoisotopic (exact) mass is 320 g/mol. The van der Waals surface area contributed by atoms with Crippen molar-refractivity contribution in [2.45, 2.75) is 25.9 Å². The lowest BCUT2D eigenvalue weighted by molar-refractivity contribution is 0.0572. The molecule has 0 amide bonds. The van der Waals surface area contributed by atoms with Crippen LogP contribution in [0.25, 0.3) is 11.5 Å². The van der Waals surface area contributed by atoms with E-state index in [0.29, 0.717) is 22.8 Å². The fourth-order valence-electron chi connectivity index (χ4n) is 3.01. The zero-order chi connectivity index (χ0) is 15.7. The van der Waals surface area contributed by atoms with Gasteiger partial charge in [-0.15, -0.1) is 10.2 Å². The number of piperazine rings is 1. The molecule has 0 N–H and O–H groups in total. The summed E-state index contributed by atoms with van der Waals surface area (Å²) < 4.78 is 5.88. The van der Waals surface area contributed by atoms with Gasteiger partial charge in [0.15, 0.2) is 0 Å². The van der Waals surface area contributed by atoms with Crippen molar-refractivity contribution in [1.29, 1.82) is 0 Å². The van der Waals surface area contributed by atoms with Crippen molar-refractivity contribution in [2.24, 2.45) is 0 Å². The lowest BCUT2D eigenvalue weighted by Gasteiger charge is -2.40. The Morgan fingerprint density at radius 3 is 2.86 bits per heavy atom. The van der Waals surface area contributed by atoms with Crippen LogP contribution in [-0.2, 0) is 0 Å². The van der Waals surface area contributed by atoms with Crippen LogP contribution in [0.4, 0.5) is 0 Å². The second-order valence-electron chi connectivity index (χ2n) is 5.98. The van der Waals surface area contributed by atoms with E-state index >= 15 is 0 Å². The van der Waals surface area contributed by atoms with E-state index < -0.39 is 0 Å². The van der Waals surface area contributed by atoms with Crippen LogP contribution in [-0.4, -0.2) is 52.7 Å². The summed E-state index contributed by atoms with van der Waals surface area (Å²) in [4.78, 5) is 4.76. The summed E-state index contributed by atoms with van der Waals surface area (Å²) in [6.07, 6.45) is 0. The largest absolute Gasteiger partial charge is 0.419 e. The molecule has 1 aromatic carbocycles. The van der Waals surface area contributed by atoms with E-state index in [1.807, 2.05) is 24.3 Å². The Kier molecular flexibility index (Phi) is 4.47. The Balaban J connectivity index is 1.78. The number of halogens is 1. The standard InChI is InChI=1S/C16H21ClN4O/c1-11-10-20(3)7-8-21(11)12(2)15-18-19-16(22-15)13-5-4-6-14(17)9-13/h4-6,9,11-12H,7-8,10H2,1-3H3/t11-,12-/m1/s1. The van der Waals surface area contributed by atoms with Gasteiger partial charge in [-0.3, -0.25) is 4.90 Å². The highest BCUT2D eigenvalue weighted by Gasteiger charge is 2.29. The number of benzene rings is 1. The minimum Gasteiger partial charge on any atom is -0.419 e. The number of likely N-dealkylation sites (N-methyl/N-ethyl adjacent to an activating group) is 1. The number of hydrogen-bond donors (Lipinski definition) is 0. The van der Waals surface area contributed by atoms with Gasteiger partial charge in [-0.05, 0) is 39.1 Å². The molecule has 0 aliphatic carbocycles. The molecule has 1 aromatic heterocycles. The minimum atomic E-state index is 0.115. The van der Waals surface area contributed by atoms with Crippen LogP contribution in [0.15, 0.2) is 28.7 Å². The van der Waals surface area contributed by atoms with Crippen LogP contribution >= 0.6 is 11.6 Å². The molecule has 0 saturated carbocycles. The second kappa shape index (κ2) is 6.36. The maximum absolute atomic E-state index is 6.02. The molecule has 0 radical (unpaired) electrons. The van der Waals surface area contributed by atoms with Gasteiger partial charge in [0.2, 0.25) is 11.8 Å². The van der Waals surface area contributed by atoms with Gasteiger partial charge in [0.05, 0.1) is 6.04 Å². The zero-order valence-corrected chi connectivity index (χ0v) is 13.9.